The number of alkyl halides is 3. The second-order valence-corrected chi connectivity index (χ2v) is 7.91. The SMILES string of the molecule is COc1ccc(C(=O)c2[nH]nc3c2C2(CCNCC2)Oc2ccccc2-3)cc1C(F)(F)F. The van der Waals surface area contributed by atoms with Gasteiger partial charge in [0.2, 0.25) is 5.78 Å². The minimum Gasteiger partial charge on any atom is -0.496 e. The molecule has 1 fully saturated rings. The summed E-state index contributed by atoms with van der Waals surface area (Å²) in [7, 11) is 1.16. The third-order valence-electron chi connectivity index (χ3n) is 6.07. The summed E-state index contributed by atoms with van der Waals surface area (Å²) in [4.78, 5) is 13.4. The molecule has 1 saturated heterocycles. The monoisotopic (exact) mass is 443 g/mol. The lowest BCUT2D eigenvalue weighted by Crippen LogP contribution is -2.46. The molecular weight excluding hydrogens is 423 g/mol. The van der Waals surface area contributed by atoms with Gasteiger partial charge in [-0.2, -0.15) is 18.3 Å². The van der Waals surface area contributed by atoms with Crippen LogP contribution < -0.4 is 14.8 Å². The van der Waals surface area contributed by atoms with Crippen LogP contribution in [0.5, 0.6) is 11.5 Å². The number of carbonyl (C=O) groups excluding carboxylic acids is 1. The van der Waals surface area contributed by atoms with E-state index in [0.29, 0.717) is 42.9 Å². The summed E-state index contributed by atoms with van der Waals surface area (Å²) in [5.41, 5.74) is 0.202. The molecule has 1 spiro atoms. The first-order chi connectivity index (χ1) is 15.3. The topological polar surface area (TPSA) is 76.2 Å². The Bertz CT molecular complexity index is 1200. The molecule has 166 valence electrons. The molecule has 2 aliphatic heterocycles. The molecule has 0 amide bonds. The van der Waals surface area contributed by atoms with Crippen LogP contribution in [0.3, 0.4) is 0 Å². The van der Waals surface area contributed by atoms with E-state index in [4.69, 9.17) is 9.47 Å². The molecule has 6 nitrogen and oxygen atoms in total. The molecule has 0 atom stereocenters. The zero-order valence-corrected chi connectivity index (χ0v) is 17.2. The second-order valence-electron chi connectivity index (χ2n) is 7.91. The number of ether oxygens (including phenoxy) is 2. The Morgan fingerprint density at radius 3 is 2.62 bits per heavy atom. The number of benzene rings is 2. The van der Waals surface area contributed by atoms with Gasteiger partial charge in [0.1, 0.15) is 28.5 Å². The molecule has 5 rings (SSSR count). The van der Waals surface area contributed by atoms with Crippen molar-refractivity contribution in [3.05, 3.63) is 64.8 Å². The fraction of sp³-hybridized carbons (Fsp3) is 0.304. The lowest BCUT2D eigenvalue weighted by molar-refractivity contribution is -0.138. The molecule has 0 aliphatic carbocycles. The van der Waals surface area contributed by atoms with E-state index in [9.17, 15) is 18.0 Å². The number of fused-ring (bicyclic) bond motifs is 4. The first-order valence-corrected chi connectivity index (χ1v) is 10.2. The van der Waals surface area contributed by atoms with E-state index in [0.717, 1.165) is 24.8 Å². The van der Waals surface area contributed by atoms with Crippen molar-refractivity contribution < 1.29 is 27.4 Å². The highest BCUT2D eigenvalue weighted by Gasteiger charge is 2.46. The Balaban J connectivity index is 1.66. The van der Waals surface area contributed by atoms with Crippen LogP contribution in [0, 0.1) is 0 Å². The second kappa shape index (κ2) is 7.37. The van der Waals surface area contributed by atoms with Crippen LogP contribution in [0.4, 0.5) is 13.2 Å². The van der Waals surface area contributed by atoms with Crippen LogP contribution in [0.2, 0.25) is 0 Å². The molecule has 2 aromatic carbocycles. The molecular formula is C23H20F3N3O3. The number of methoxy groups -OCH3 is 1. The zero-order chi connectivity index (χ0) is 22.5. The summed E-state index contributed by atoms with van der Waals surface area (Å²) in [5.74, 6) is -0.239. The van der Waals surface area contributed by atoms with Crippen LogP contribution in [-0.2, 0) is 11.8 Å². The minimum absolute atomic E-state index is 0.104. The number of nitrogens with one attached hydrogen (secondary N) is 2. The van der Waals surface area contributed by atoms with Crippen LogP contribution >= 0.6 is 0 Å². The molecule has 0 unspecified atom stereocenters. The van der Waals surface area contributed by atoms with Crippen molar-refractivity contribution in [2.24, 2.45) is 0 Å². The number of hydrogen-bond donors (Lipinski definition) is 2. The molecule has 0 bridgehead atoms. The van der Waals surface area contributed by atoms with Crippen molar-refractivity contribution in [3.63, 3.8) is 0 Å². The maximum atomic E-state index is 13.5. The Hall–Kier alpha value is -3.33. The van der Waals surface area contributed by atoms with Gasteiger partial charge in [-0.05, 0) is 43.4 Å². The fourth-order valence-corrected chi connectivity index (χ4v) is 4.56. The summed E-state index contributed by atoms with van der Waals surface area (Å²) >= 11 is 0. The van der Waals surface area contributed by atoms with Crippen molar-refractivity contribution in [3.8, 4) is 22.8 Å². The van der Waals surface area contributed by atoms with Gasteiger partial charge in [0.05, 0.1) is 18.2 Å². The van der Waals surface area contributed by atoms with Gasteiger partial charge in [-0.25, -0.2) is 0 Å². The smallest absolute Gasteiger partial charge is 0.419 e. The summed E-state index contributed by atoms with van der Waals surface area (Å²) in [6.07, 6.45) is -3.46. The number of hydrogen-bond acceptors (Lipinski definition) is 5. The maximum Gasteiger partial charge on any atom is 0.419 e. The normalized spacial score (nSPS) is 16.8. The number of carbonyl (C=O) groups is 1. The zero-order valence-electron chi connectivity index (χ0n) is 17.2. The Morgan fingerprint density at radius 1 is 1.16 bits per heavy atom. The van der Waals surface area contributed by atoms with Crippen molar-refractivity contribution in [2.45, 2.75) is 24.6 Å². The number of nitrogens with zero attached hydrogens (tertiary/aromatic N) is 1. The molecule has 32 heavy (non-hydrogen) atoms. The number of aromatic amines is 1. The maximum absolute atomic E-state index is 13.5. The van der Waals surface area contributed by atoms with Gasteiger partial charge in [-0.3, -0.25) is 9.89 Å². The Kier molecular flexibility index (Phi) is 4.74. The number of ketones is 1. The van der Waals surface area contributed by atoms with Crippen LogP contribution in [0.25, 0.3) is 11.3 Å². The minimum atomic E-state index is -4.66. The average molecular weight is 443 g/mol. The van der Waals surface area contributed by atoms with Gasteiger partial charge in [0.25, 0.3) is 0 Å². The molecule has 2 N–H and O–H groups in total. The van der Waals surface area contributed by atoms with Gasteiger partial charge in [0.15, 0.2) is 0 Å². The van der Waals surface area contributed by atoms with E-state index in [1.165, 1.54) is 6.07 Å². The summed E-state index contributed by atoms with van der Waals surface area (Å²) < 4.78 is 51.8. The molecule has 0 radical (unpaired) electrons. The van der Waals surface area contributed by atoms with E-state index in [2.05, 4.69) is 15.5 Å². The first kappa shape index (κ1) is 20.6. The van der Waals surface area contributed by atoms with Gasteiger partial charge >= 0.3 is 6.18 Å². The lowest BCUT2D eigenvalue weighted by atomic mass is 9.79. The predicted octanol–water partition coefficient (Wildman–Crippen LogP) is 4.31. The quantitative estimate of drug-likeness (QED) is 0.590. The van der Waals surface area contributed by atoms with Crippen molar-refractivity contribution >= 4 is 5.78 Å². The van der Waals surface area contributed by atoms with Crippen molar-refractivity contribution in [1.29, 1.82) is 0 Å². The summed E-state index contributed by atoms with van der Waals surface area (Å²) in [6.45, 7) is 1.36. The van der Waals surface area contributed by atoms with Gasteiger partial charge < -0.3 is 14.8 Å². The molecule has 0 saturated carbocycles. The van der Waals surface area contributed by atoms with Crippen LogP contribution in [0.15, 0.2) is 42.5 Å². The van der Waals surface area contributed by atoms with Gasteiger partial charge in [-0.15, -0.1) is 0 Å². The standard InChI is InChI=1S/C23H20F3N3O3/c1-31-17-7-6-13(12-15(17)23(24,25)26)21(30)20-18-19(28-29-20)14-4-2-3-5-16(14)32-22(18)8-10-27-11-9-22/h2-7,12,27H,8-11H2,1H3,(H,28,29). The number of aromatic nitrogens is 2. The number of piperidine rings is 1. The largest absolute Gasteiger partial charge is 0.496 e. The highest BCUT2D eigenvalue weighted by Crippen LogP contribution is 2.49. The molecule has 2 aliphatic rings. The van der Waals surface area contributed by atoms with Crippen LogP contribution in [0.1, 0.15) is 40.0 Å². The molecule has 3 heterocycles. The van der Waals surface area contributed by atoms with E-state index in [1.54, 1.807) is 0 Å². The first-order valence-electron chi connectivity index (χ1n) is 10.2. The van der Waals surface area contributed by atoms with E-state index >= 15 is 0 Å². The van der Waals surface area contributed by atoms with E-state index in [-0.39, 0.29) is 17.0 Å². The summed E-state index contributed by atoms with van der Waals surface area (Å²) in [5, 5.41) is 10.5. The van der Waals surface area contributed by atoms with E-state index < -0.39 is 23.1 Å². The van der Waals surface area contributed by atoms with Crippen LogP contribution in [-0.4, -0.2) is 36.2 Å². The van der Waals surface area contributed by atoms with Gasteiger partial charge in [0, 0.05) is 24.0 Å². The predicted molar refractivity (Wildman–Crippen MR) is 110 cm³/mol. The van der Waals surface area contributed by atoms with Crippen molar-refractivity contribution in [1.82, 2.24) is 15.5 Å². The van der Waals surface area contributed by atoms with E-state index in [1.807, 2.05) is 24.3 Å². The lowest BCUT2D eigenvalue weighted by Gasteiger charge is -2.41. The number of para-hydroxylation sites is 1. The highest BCUT2D eigenvalue weighted by atomic mass is 19.4. The van der Waals surface area contributed by atoms with Gasteiger partial charge in [-0.1, -0.05) is 12.1 Å². The van der Waals surface area contributed by atoms with Crippen molar-refractivity contribution in [2.75, 3.05) is 20.2 Å². The Labute approximate surface area is 181 Å². The average Bonchev–Trinajstić information content (AvgIpc) is 3.25. The fourth-order valence-electron chi connectivity index (χ4n) is 4.56. The highest BCUT2D eigenvalue weighted by molar-refractivity contribution is 6.10. The number of rotatable bonds is 3. The molecule has 3 aromatic rings. The molecule has 9 heteroatoms. The molecule has 1 aromatic heterocycles. The Morgan fingerprint density at radius 2 is 1.91 bits per heavy atom. The number of halogens is 3. The summed E-state index contributed by atoms with van der Waals surface area (Å²) in [6, 6.07) is 10.7. The third kappa shape index (κ3) is 3.15. The number of H-pyrrole nitrogens is 1. The third-order valence-corrected chi connectivity index (χ3v) is 6.07.